The van der Waals surface area contributed by atoms with E-state index >= 15 is 0 Å². The minimum Gasteiger partial charge on any atom is -0.465 e. The molecule has 9 nitrogen and oxygen atoms in total. The molecule has 170 valence electrons. The number of nitrogens with zero attached hydrogens (tertiary/aromatic N) is 4. The highest BCUT2D eigenvalue weighted by molar-refractivity contribution is 7.13. The van der Waals surface area contributed by atoms with Gasteiger partial charge in [0.1, 0.15) is 5.01 Å². The van der Waals surface area contributed by atoms with E-state index in [4.69, 9.17) is 4.42 Å². The highest BCUT2D eigenvalue weighted by Gasteiger charge is 2.48. The van der Waals surface area contributed by atoms with Crippen molar-refractivity contribution in [3.05, 3.63) is 23.2 Å². The number of piperazine rings is 1. The van der Waals surface area contributed by atoms with Crippen LogP contribution >= 0.6 is 11.3 Å². The van der Waals surface area contributed by atoms with Crippen molar-refractivity contribution in [3.8, 4) is 16.3 Å². The first kappa shape index (κ1) is 20.8. The molecule has 13 heteroatoms. The zero-order valence-corrected chi connectivity index (χ0v) is 17.4. The van der Waals surface area contributed by atoms with Crippen LogP contribution in [0.15, 0.2) is 22.1 Å². The molecule has 3 aromatic rings. The van der Waals surface area contributed by atoms with Gasteiger partial charge in [-0.1, -0.05) is 0 Å². The summed E-state index contributed by atoms with van der Waals surface area (Å²) in [7, 11) is 0. The third kappa shape index (κ3) is 3.41. The summed E-state index contributed by atoms with van der Waals surface area (Å²) in [6.45, 7) is 1.94. The molecule has 32 heavy (non-hydrogen) atoms. The summed E-state index contributed by atoms with van der Waals surface area (Å²) < 4.78 is 49.7. The zero-order chi connectivity index (χ0) is 22.8. The molecule has 0 aliphatic carbocycles. The average molecular weight is 470 g/mol. The molecule has 3 saturated heterocycles. The normalized spacial score (nSPS) is 21.5. The van der Waals surface area contributed by atoms with Gasteiger partial charge in [0, 0.05) is 30.2 Å². The Kier molecular flexibility index (Phi) is 4.71. The van der Waals surface area contributed by atoms with Crippen molar-refractivity contribution in [2.45, 2.75) is 37.9 Å². The lowest BCUT2D eigenvalue weighted by molar-refractivity contribution is -0.274. The molecule has 3 fully saturated rings. The topological polar surface area (TPSA) is 112 Å². The van der Waals surface area contributed by atoms with Crippen molar-refractivity contribution < 1.29 is 37.3 Å². The fraction of sp³-hybridized carbons (Fsp3) is 0.421. The van der Waals surface area contributed by atoms with Crippen LogP contribution in [0.2, 0.25) is 0 Å². The number of alkyl halides is 3. The second-order valence-corrected chi connectivity index (χ2v) is 8.61. The first-order chi connectivity index (χ1) is 15.1. The molecule has 2 aromatic heterocycles. The molecule has 0 radical (unpaired) electrons. The summed E-state index contributed by atoms with van der Waals surface area (Å²) in [5.74, 6) is -0.632. The van der Waals surface area contributed by atoms with Gasteiger partial charge < -0.3 is 24.3 Å². The standard InChI is InChI=1S/C19H17F3N4O5S/c1-8(27)11-5-12(16-23-2-3-32-16)14-13(15(11)31-19(20,21)22)24-17(30-14)25-6-9-4-10(7-25)26(9)18(28)29/h2-3,5,8-10,27H,4,6-7H2,1H3,(H,28,29). The second-order valence-electron chi connectivity index (χ2n) is 7.72. The number of ether oxygens (including phenoxy) is 1. The summed E-state index contributed by atoms with van der Waals surface area (Å²) in [6.07, 6.45) is -5.03. The van der Waals surface area contributed by atoms with Crippen LogP contribution < -0.4 is 9.64 Å². The summed E-state index contributed by atoms with van der Waals surface area (Å²) >= 11 is 1.26. The van der Waals surface area contributed by atoms with Crippen molar-refractivity contribution in [2.75, 3.05) is 18.0 Å². The third-order valence-electron chi connectivity index (χ3n) is 5.65. The van der Waals surface area contributed by atoms with E-state index in [1.54, 1.807) is 16.5 Å². The third-order valence-corrected chi connectivity index (χ3v) is 6.46. The summed E-state index contributed by atoms with van der Waals surface area (Å²) in [4.78, 5) is 22.9. The number of carbonyl (C=O) groups is 1. The Morgan fingerprint density at radius 1 is 1.38 bits per heavy atom. The van der Waals surface area contributed by atoms with E-state index in [2.05, 4.69) is 14.7 Å². The van der Waals surface area contributed by atoms with Gasteiger partial charge in [-0.15, -0.1) is 24.5 Å². The molecule has 3 unspecified atom stereocenters. The van der Waals surface area contributed by atoms with Gasteiger partial charge in [0.05, 0.1) is 23.8 Å². The van der Waals surface area contributed by atoms with Crippen LogP contribution in [0.1, 0.15) is 25.0 Å². The predicted octanol–water partition coefficient (Wildman–Crippen LogP) is 3.84. The van der Waals surface area contributed by atoms with E-state index in [0.29, 0.717) is 30.1 Å². The van der Waals surface area contributed by atoms with Crippen LogP contribution in [0.5, 0.6) is 5.75 Å². The van der Waals surface area contributed by atoms with E-state index in [-0.39, 0.29) is 34.8 Å². The van der Waals surface area contributed by atoms with Crippen LogP contribution in [-0.4, -0.2) is 62.7 Å². The predicted molar refractivity (Wildman–Crippen MR) is 107 cm³/mol. The maximum atomic E-state index is 13.2. The number of benzene rings is 1. The van der Waals surface area contributed by atoms with Gasteiger partial charge in [-0.2, -0.15) is 4.98 Å². The summed E-state index contributed by atoms with van der Waals surface area (Å²) in [6, 6.07) is 0.950. The van der Waals surface area contributed by atoms with Gasteiger partial charge in [0.2, 0.25) is 0 Å². The molecular formula is C19H17F3N4O5S. The number of anilines is 1. The van der Waals surface area contributed by atoms with E-state index in [9.17, 15) is 28.2 Å². The van der Waals surface area contributed by atoms with E-state index in [1.165, 1.54) is 29.2 Å². The van der Waals surface area contributed by atoms with E-state index in [1.807, 2.05) is 0 Å². The monoisotopic (exact) mass is 470 g/mol. The molecule has 2 N–H and O–H groups in total. The number of oxazole rings is 1. The molecule has 2 bridgehead atoms. The Balaban J connectivity index is 1.64. The van der Waals surface area contributed by atoms with E-state index in [0.717, 1.165) is 0 Å². The molecule has 3 atom stereocenters. The summed E-state index contributed by atoms with van der Waals surface area (Å²) in [5.41, 5.74) is 0.148. The molecule has 6 rings (SSSR count). The Hall–Kier alpha value is -3.06. The fourth-order valence-corrected chi connectivity index (χ4v) is 4.98. The number of carboxylic acid groups (broad SMARTS) is 1. The zero-order valence-electron chi connectivity index (χ0n) is 16.5. The number of aliphatic hydroxyl groups is 1. The maximum Gasteiger partial charge on any atom is 0.573 e. The lowest BCUT2D eigenvalue weighted by Gasteiger charge is -2.54. The van der Waals surface area contributed by atoms with Gasteiger partial charge in [-0.05, 0) is 19.4 Å². The lowest BCUT2D eigenvalue weighted by Crippen LogP contribution is -2.70. The van der Waals surface area contributed by atoms with Gasteiger partial charge >= 0.3 is 12.5 Å². The first-order valence-corrected chi connectivity index (χ1v) is 10.6. The van der Waals surface area contributed by atoms with Crippen LogP contribution in [0.25, 0.3) is 21.7 Å². The van der Waals surface area contributed by atoms with Crippen molar-refractivity contribution >= 4 is 34.5 Å². The lowest BCUT2D eigenvalue weighted by atomic mass is 9.88. The molecule has 1 aromatic carbocycles. The Bertz CT molecular complexity index is 1170. The Morgan fingerprint density at radius 3 is 2.66 bits per heavy atom. The van der Waals surface area contributed by atoms with Gasteiger partial charge in [0.25, 0.3) is 6.01 Å². The molecular weight excluding hydrogens is 453 g/mol. The molecule has 3 aliphatic rings. The number of aromatic nitrogens is 2. The smallest absolute Gasteiger partial charge is 0.465 e. The minimum absolute atomic E-state index is 0.0490. The second kappa shape index (κ2) is 7.24. The highest BCUT2D eigenvalue weighted by Crippen LogP contribution is 2.44. The maximum absolute atomic E-state index is 13.2. The Morgan fingerprint density at radius 2 is 2.09 bits per heavy atom. The number of fused-ring (bicyclic) bond motifs is 3. The van der Waals surface area contributed by atoms with Crippen molar-refractivity contribution in [2.24, 2.45) is 0 Å². The number of hydrogen-bond donors (Lipinski definition) is 2. The van der Waals surface area contributed by atoms with Crippen molar-refractivity contribution in [1.82, 2.24) is 14.9 Å². The average Bonchev–Trinajstić information content (AvgIpc) is 3.36. The number of thiazole rings is 1. The van der Waals surface area contributed by atoms with Crippen LogP contribution in [0, 0.1) is 0 Å². The number of amides is 1. The van der Waals surface area contributed by atoms with Crippen molar-refractivity contribution in [1.29, 1.82) is 0 Å². The highest BCUT2D eigenvalue weighted by atomic mass is 32.1. The number of aliphatic hydroxyl groups excluding tert-OH is 1. The first-order valence-electron chi connectivity index (χ1n) is 9.69. The number of hydrogen-bond acceptors (Lipinski definition) is 8. The van der Waals surface area contributed by atoms with Crippen molar-refractivity contribution in [3.63, 3.8) is 0 Å². The van der Waals surface area contributed by atoms with Gasteiger partial charge in [0.15, 0.2) is 16.8 Å². The molecule has 0 saturated carbocycles. The fourth-order valence-electron chi connectivity index (χ4n) is 4.33. The number of halogens is 3. The van der Waals surface area contributed by atoms with Gasteiger partial charge in [-0.3, -0.25) is 4.90 Å². The Labute approximate surface area is 182 Å². The molecule has 0 spiro atoms. The van der Waals surface area contributed by atoms with Crippen LogP contribution in [0.4, 0.5) is 24.0 Å². The molecule has 3 aliphatic heterocycles. The largest absolute Gasteiger partial charge is 0.573 e. The summed E-state index contributed by atoms with van der Waals surface area (Å²) in [5, 5.41) is 21.7. The van der Waals surface area contributed by atoms with Crippen LogP contribution in [0.3, 0.4) is 0 Å². The van der Waals surface area contributed by atoms with E-state index < -0.39 is 24.3 Å². The minimum atomic E-state index is -5.01. The quantitative estimate of drug-likeness (QED) is 0.592. The molecule has 5 heterocycles. The van der Waals surface area contributed by atoms with Gasteiger partial charge in [-0.25, -0.2) is 9.78 Å². The number of piperidine rings is 1. The number of rotatable bonds is 4. The molecule has 1 amide bonds. The van der Waals surface area contributed by atoms with Crippen LogP contribution in [-0.2, 0) is 0 Å². The SMILES string of the molecule is CC(O)c1cc(-c2nccs2)c2oc(N3CC4CC(C3)N4C(=O)O)nc2c1OC(F)(F)F.